The fourth-order valence-corrected chi connectivity index (χ4v) is 4.17. The molecule has 0 aromatic carbocycles. The van der Waals surface area contributed by atoms with Crippen molar-refractivity contribution in [2.45, 2.75) is 142 Å². The van der Waals surface area contributed by atoms with Crippen LogP contribution in [0.1, 0.15) is 142 Å². The lowest BCUT2D eigenvalue weighted by molar-refractivity contribution is -0.890. The molecule has 0 saturated heterocycles. The molecule has 32 heavy (non-hydrogen) atoms. The van der Waals surface area contributed by atoms with Crippen molar-refractivity contribution >= 4 is 10.1 Å². The molecule has 0 aromatic heterocycles. The van der Waals surface area contributed by atoms with Crippen LogP contribution in [0.2, 0.25) is 0 Å². The van der Waals surface area contributed by atoms with E-state index in [1.807, 2.05) is 0 Å². The average molecular weight is 479 g/mol. The first-order valence-electron chi connectivity index (χ1n) is 13.9. The van der Waals surface area contributed by atoms with Gasteiger partial charge >= 0.3 is 0 Å². The third kappa shape index (κ3) is 37.2. The molecule has 0 unspecified atom stereocenters. The Labute approximate surface area is 203 Å². The van der Waals surface area contributed by atoms with Gasteiger partial charge in [-0.3, -0.25) is 4.55 Å². The molecule has 0 heterocycles. The predicted molar refractivity (Wildman–Crippen MR) is 143 cm³/mol. The minimum atomic E-state index is -3.67. The van der Waals surface area contributed by atoms with Crippen molar-refractivity contribution in [3.8, 4) is 0 Å². The second-order valence-electron chi connectivity index (χ2n) is 10.5. The molecule has 0 rings (SSSR count). The van der Waals surface area contributed by atoms with E-state index in [9.17, 15) is 8.42 Å². The van der Waals surface area contributed by atoms with Gasteiger partial charge < -0.3 is 4.48 Å². The summed E-state index contributed by atoms with van der Waals surface area (Å²) in [4.78, 5) is 0. The number of hydrogen-bond acceptors (Lipinski definition) is 2. The molecule has 0 fully saturated rings. The largest absolute Gasteiger partial charge is 0.328 e. The molecule has 0 aliphatic heterocycles. The summed E-state index contributed by atoms with van der Waals surface area (Å²) in [7, 11) is 1.23. The Morgan fingerprint density at radius 2 is 0.688 bits per heavy atom. The Morgan fingerprint density at radius 3 is 0.906 bits per heavy atom. The van der Waals surface area contributed by atoms with Crippen LogP contribution in [-0.2, 0) is 10.1 Å². The third-order valence-corrected chi connectivity index (χ3v) is 6.23. The normalized spacial score (nSPS) is 11.9. The van der Waals surface area contributed by atoms with Crippen LogP contribution < -0.4 is 0 Å². The van der Waals surface area contributed by atoms with Gasteiger partial charge in [0.15, 0.2) is 0 Å². The standard InChI is InChI=1S/C26H56N.CH4O3S/c1-5-7-9-11-13-15-17-19-21-23-25-27(3,4)26-24-22-20-18-16-14-12-10-8-6-2;1-5(2,3)4/h5-26H2,1-4H3;1H3,(H,2,3,4)/q+1;. The highest BCUT2D eigenvalue weighted by molar-refractivity contribution is 7.85. The lowest BCUT2D eigenvalue weighted by atomic mass is 10.1. The van der Waals surface area contributed by atoms with E-state index in [-0.39, 0.29) is 0 Å². The van der Waals surface area contributed by atoms with Crippen LogP contribution in [-0.4, -0.2) is 50.9 Å². The Bertz CT molecular complexity index is 430. The molecule has 0 bridgehead atoms. The van der Waals surface area contributed by atoms with Crippen LogP contribution in [0.3, 0.4) is 0 Å². The van der Waals surface area contributed by atoms with Gasteiger partial charge in [0.25, 0.3) is 10.1 Å². The van der Waals surface area contributed by atoms with Crippen LogP contribution in [0.15, 0.2) is 0 Å². The van der Waals surface area contributed by atoms with Gasteiger partial charge in [-0.15, -0.1) is 0 Å². The molecule has 0 amide bonds. The van der Waals surface area contributed by atoms with E-state index in [0.717, 1.165) is 0 Å². The first kappa shape index (κ1) is 34.0. The van der Waals surface area contributed by atoms with Crippen LogP contribution in [0.4, 0.5) is 0 Å². The van der Waals surface area contributed by atoms with E-state index < -0.39 is 10.1 Å². The highest BCUT2D eigenvalue weighted by Crippen LogP contribution is 2.14. The maximum atomic E-state index is 9.19. The molecule has 4 nitrogen and oxygen atoms in total. The van der Waals surface area contributed by atoms with Crippen molar-refractivity contribution in [1.82, 2.24) is 0 Å². The van der Waals surface area contributed by atoms with Crippen molar-refractivity contribution < 1.29 is 17.5 Å². The zero-order chi connectivity index (χ0) is 24.6. The summed E-state index contributed by atoms with van der Waals surface area (Å²) in [6.07, 6.45) is 29.7. The maximum absolute atomic E-state index is 9.19. The number of nitrogens with zero attached hydrogens (tertiary/aromatic N) is 1. The summed E-state index contributed by atoms with van der Waals surface area (Å²) in [6.45, 7) is 7.37. The topological polar surface area (TPSA) is 54.4 Å². The monoisotopic (exact) mass is 478 g/mol. The molecule has 0 aliphatic rings. The van der Waals surface area contributed by atoms with E-state index in [1.165, 1.54) is 146 Å². The van der Waals surface area contributed by atoms with Crippen molar-refractivity contribution in [2.24, 2.45) is 0 Å². The molecule has 0 saturated carbocycles. The molecular formula is C27H60NO3S+. The molecule has 1 N–H and O–H groups in total. The Hall–Kier alpha value is -0.130. The number of rotatable bonds is 22. The van der Waals surface area contributed by atoms with Crippen molar-refractivity contribution in [3.63, 3.8) is 0 Å². The second-order valence-corrected chi connectivity index (χ2v) is 11.9. The number of hydrogen-bond donors (Lipinski definition) is 1. The summed E-state index contributed by atoms with van der Waals surface area (Å²) in [5.41, 5.74) is 0. The maximum Gasteiger partial charge on any atom is 0.261 e. The summed E-state index contributed by atoms with van der Waals surface area (Å²) < 4.78 is 27.1. The van der Waals surface area contributed by atoms with Gasteiger partial charge in [-0.05, 0) is 25.7 Å². The summed E-state index contributed by atoms with van der Waals surface area (Å²) in [5.74, 6) is 0. The molecule has 0 radical (unpaired) electrons. The number of unbranched alkanes of at least 4 members (excludes halogenated alkanes) is 18. The molecule has 0 atom stereocenters. The van der Waals surface area contributed by atoms with Gasteiger partial charge in [0.05, 0.1) is 33.4 Å². The fourth-order valence-electron chi connectivity index (χ4n) is 4.17. The molecule has 196 valence electrons. The van der Waals surface area contributed by atoms with Gasteiger partial charge in [0.2, 0.25) is 0 Å². The predicted octanol–water partition coefficient (Wildman–Crippen LogP) is 8.41. The molecular weight excluding hydrogens is 418 g/mol. The van der Waals surface area contributed by atoms with Crippen LogP contribution >= 0.6 is 0 Å². The van der Waals surface area contributed by atoms with Crippen LogP contribution in [0.5, 0.6) is 0 Å². The Morgan fingerprint density at radius 1 is 0.500 bits per heavy atom. The molecule has 5 heteroatoms. The minimum absolute atomic E-state index is 0.715. The fraction of sp³-hybridized carbons (Fsp3) is 1.00. The SMILES string of the molecule is CCCCCCCCCCCC[N+](C)(C)CCCCCCCCCCCC.CS(=O)(=O)O. The van der Waals surface area contributed by atoms with E-state index >= 15 is 0 Å². The molecule has 0 aromatic rings. The quantitative estimate of drug-likeness (QED) is 0.0965. The van der Waals surface area contributed by atoms with Gasteiger partial charge in [-0.25, -0.2) is 0 Å². The highest BCUT2D eigenvalue weighted by atomic mass is 32.2. The van der Waals surface area contributed by atoms with E-state index in [0.29, 0.717) is 6.26 Å². The first-order valence-corrected chi connectivity index (χ1v) is 15.7. The first-order chi connectivity index (χ1) is 15.1. The van der Waals surface area contributed by atoms with Crippen LogP contribution in [0, 0.1) is 0 Å². The highest BCUT2D eigenvalue weighted by Gasteiger charge is 2.13. The van der Waals surface area contributed by atoms with Gasteiger partial charge in [0.1, 0.15) is 0 Å². The zero-order valence-corrected chi connectivity index (χ0v) is 23.5. The van der Waals surface area contributed by atoms with Crippen molar-refractivity contribution in [3.05, 3.63) is 0 Å². The van der Waals surface area contributed by atoms with Crippen LogP contribution in [0.25, 0.3) is 0 Å². The Balaban J connectivity index is 0. The zero-order valence-electron chi connectivity index (χ0n) is 22.7. The van der Waals surface area contributed by atoms with Gasteiger partial charge in [-0.2, -0.15) is 8.42 Å². The van der Waals surface area contributed by atoms with Crippen molar-refractivity contribution in [2.75, 3.05) is 33.4 Å². The summed E-state index contributed by atoms with van der Waals surface area (Å²) in [6, 6.07) is 0. The third-order valence-electron chi connectivity index (χ3n) is 6.23. The van der Waals surface area contributed by atoms with Crippen molar-refractivity contribution in [1.29, 1.82) is 0 Å². The van der Waals surface area contributed by atoms with E-state index in [1.54, 1.807) is 0 Å². The van der Waals surface area contributed by atoms with Gasteiger partial charge in [-0.1, -0.05) is 117 Å². The smallest absolute Gasteiger partial charge is 0.261 e. The molecule has 0 spiro atoms. The lowest BCUT2D eigenvalue weighted by Crippen LogP contribution is -2.41. The van der Waals surface area contributed by atoms with E-state index in [4.69, 9.17) is 4.55 Å². The van der Waals surface area contributed by atoms with E-state index in [2.05, 4.69) is 27.9 Å². The number of quaternary nitrogens is 1. The van der Waals surface area contributed by atoms with Gasteiger partial charge in [0, 0.05) is 0 Å². The molecule has 0 aliphatic carbocycles. The average Bonchev–Trinajstić information content (AvgIpc) is 2.69. The minimum Gasteiger partial charge on any atom is -0.328 e. The second kappa shape index (κ2) is 24.0. The lowest BCUT2D eigenvalue weighted by Gasteiger charge is -2.30. The Kier molecular flexibility index (Phi) is 25.5. The summed E-state index contributed by atoms with van der Waals surface area (Å²) >= 11 is 0. The summed E-state index contributed by atoms with van der Waals surface area (Å²) in [5, 5.41) is 0.